The molecule has 5 heteroatoms. The molecule has 0 spiro atoms. The van der Waals surface area contributed by atoms with E-state index in [0.717, 1.165) is 6.54 Å². The van der Waals surface area contributed by atoms with Crippen molar-refractivity contribution in [2.45, 2.75) is 25.2 Å². The summed E-state index contributed by atoms with van der Waals surface area (Å²) >= 11 is 0. The van der Waals surface area contributed by atoms with Crippen LogP contribution >= 0.6 is 0 Å². The quantitative estimate of drug-likeness (QED) is 0.822. The lowest BCUT2D eigenvalue weighted by molar-refractivity contribution is 0.250. The van der Waals surface area contributed by atoms with Crippen molar-refractivity contribution in [2.75, 3.05) is 38.6 Å². The summed E-state index contributed by atoms with van der Waals surface area (Å²) in [6.45, 7) is 2.95. The van der Waals surface area contributed by atoms with Crippen LogP contribution in [0.15, 0.2) is 12.4 Å². The van der Waals surface area contributed by atoms with Gasteiger partial charge in [-0.25, -0.2) is 9.97 Å². The number of likely N-dealkylation sites (N-methyl/N-ethyl adjacent to an activating group) is 1. The Kier molecular flexibility index (Phi) is 4.69. The Bertz CT molecular complexity index is 436. The van der Waals surface area contributed by atoms with Gasteiger partial charge in [-0.05, 0) is 37.9 Å². The average Bonchev–Trinajstić information content (AvgIpc) is 2.45. The molecule has 0 radical (unpaired) electrons. The first-order valence-corrected chi connectivity index (χ1v) is 6.79. The van der Waals surface area contributed by atoms with Crippen LogP contribution in [0.3, 0.4) is 0 Å². The van der Waals surface area contributed by atoms with E-state index in [2.05, 4.69) is 28.0 Å². The van der Waals surface area contributed by atoms with Gasteiger partial charge in [-0.15, -0.1) is 0 Å². The molecule has 102 valence electrons. The number of anilines is 1. The molecular formula is C14H21N5. The minimum Gasteiger partial charge on any atom is -0.343 e. The highest BCUT2D eigenvalue weighted by atomic mass is 15.2. The van der Waals surface area contributed by atoms with Crippen molar-refractivity contribution in [2.24, 2.45) is 0 Å². The van der Waals surface area contributed by atoms with Gasteiger partial charge in [0.05, 0.1) is 12.5 Å². The molecule has 1 aliphatic heterocycles. The summed E-state index contributed by atoms with van der Waals surface area (Å²) in [7, 11) is 4.08. The summed E-state index contributed by atoms with van der Waals surface area (Å²) in [6.07, 6.45) is 6.83. The molecule has 1 aromatic rings. The first-order chi connectivity index (χ1) is 9.20. The summed E-state index contributed by atoms with van der Waals surface area (Å²) in [5.74, 6) is 1.25. The van der Waals surface area contributed by atoms with Crippen LogP contribution in [0, 0.1) is 11.3 Å². The van der Waals surface area contributed by atoms with Crippen LogP contribution < -0.4 is 4.90 Å². The van der Waals surface area contributed by atoms with Gasteiger partial charge in [-0.2, -0.15) is 5.26 Å². The molecule has 19 heavy (non-hydrogen) atoms. The van der Waals surface area contributed by atoms with Crippen molar-refractivity contribution < 1.29 is 0 Å². The lowest BCUT2D eigenvalue weighted by Crippen LogP contribution is -2.31. The van der Waals surface area contributed by atoms with Crippen molar-refractivity contribution in [1.82, 2.24) is 14.9 Å². The van der Waals surface area contributed by atoms with Gasteiger partial charge in [0, 0.05) is 32.5 Å². The van der Waals surface area contributed by atoms with Crippen LogP contribution in [0.25, 0.3) is 0 Å². The number of nitrogens with zero attached hydrogens (tertiary/aromatic N) is 5. The van der Waals surface area contributed by atoms with Crippen LogP contribution in [-0.4, -0.2) is 48.6 Å². The number of aromatic nitrogens is 2. The summed E-state index contributed by atoms with van der Waals surface area (Å²) in [6, 6.07) is 2.13. The van der Waals surface area contributed by atoms with E-state index in [4.69, 9.17) is 5.26 Å². The van der Waals surface area contributed by atoms with Crippen molar-refractivity contribution in [3.8, 4) is 6.07 Å². The highest BCUT2D eigenvalue weighted by molar-refractivity contribution is 5.29. The Hall–Kier alpha value is -1.67. The van der Waals surface area contributed by atoms with Gasteiger partial charge >= 0.3 is 0 Å². The lowest BCUT2D eigenvalue weighted by Gasteiger charge is -2.29. The lowest BCUT2D eigenvalue weighted by atomic mass is 9.93. The van der Waals surface area contributed by atoms with E-state index in [0.29, 0.717) is 24.8 Å². The highest BCUT2D eigenvalue weighted by Gasteiger charge is 2.19. The van der Waals surface area contributed by atoms with Crippen molar-refractivity contribution in [1.29, 1.82) is 5.26 Å². The Morgan fingerprint density at radius 2 is 2.21 bits per heavy atom. The Morgan fingerprint density at radius 3 is 2.84 bits per heavy atom. The highest BCUT2D eigenvalue weighted by Crippen LogP contribution is 2.25. The Balaban J connectivity index is 1.99. The summed E-state index contributed by atoms with van der Waals surface area (Å²) in [4.78, 5) is 13.1. The topological polar surface area (TPSA) is 56.1 Å². The van der Waals surface area contributed by atoms with Crippen LogP contribution in [0.2, 0.25) is 0 Å². The summed E-state index contributed by atoms with van der Waals surface area (Å²) in [5, 5.41) is 8.58. The molecule has 1 aromatic heterocycles. The molecule has 0 amide bonds. The number of likely N-dealkylation sites (tertiary alicyclic amines) is 1. The second-order valence-corrected chi connectivity index (χ2v) is 5.25. The second kappa shape index (κ2) is 6.48. The van der Waals surface area contributed by atoms with E-state index < -0.39 is 0 Å². The fourth-order valence-electron chi connectivity index (χ4n) is 2.50. The summed E-state index contributed by atoms with van der Waals surface area (Å²) in [5.41, 5.74) is 1.23. The number of hydrogen-bond acceptors (Lipinski definition) is 5. The molecule has 0 bridgehead atoms. The number of piperidine rings is 1. The molecule has 1 saturated heterocycles. The third-order valence-electron chi connectivity index (χ3n) is 3.65. The third kappa shape index (κ3) is 3.65. The molecule has 0 aliphatic carbocycles. The van der Waals surface area contributed by atoms with E-state index in [1.807, 2.05) is 24.3 Å². The predicted molar refractivity (Wildman–Crippen MR) is 75.0 cm³/mol. The molecule has 0 aromatic carbocycles. The molecule has 1 unspecified atom stereocenters. The van der Waals surface area contributed by atoms with Crippen LogP contribution in [0.5, 0.6) is 0 Å². The molecule has 1 atom stereocenters. The Morgan fingerprint density at radius 1 is 1.47 bits per heavy atom. The molecule has 0 saturated carbocycles. The minimum absolute atomic E-state index is 0.495. The van der Waals surface area contributed by atoms with Gasteiger partial charge in [0.15, 0.2) is 0 Å². The van der Waals surface area contributed by atoms with E-state index in [-0.39, 0.29) is 0 Å². The first-order valence-electron chi connectivity index (χ1n) is 6.79. The number of nitriles is 1. The predicted octanol–water partition coefficient (Wildman–Crippen LogP) is 1.64. The minimum atomic E-state index is 0.495. The van der Waals surface area contributed by atoms with Gasteiger partial charge in [0.2, 0.25) is 5.95 Å². The molecule has 2 heterocycles. The maximum atomic E-state index is 8.58. The SMILES string of the molecule is CN1CCCC(c2cnc(N(C)CCC#N)nc2)C1. The van der Waals surface area contributed by atoms with Gasteiger partial charge in [0.25, 0.3) is 0 Å². The molecule has 0 N–H and O–H groups in total. The monoisotopic (exact) mass is 259 g/mol. The zero-order chi connectivity index (χ0) is 13.7. The maximum Gasteiger partial charge on any atom is 0.225 e. The van der Waals surface area contributed by atoms with Gasteiger partial charge < -0.3 is 9.80 Å². The molecule has 2 rings (SSSR count). The smallest absolute Gasteiger partial charge is 0.225 e. The number of rotatable bonds is 4. The van der Waals surface area contributed by atoms with Gasteiger partial charge in [-0.3, -0.25) is 0 Å². The average molecular weight is 259 g/mol. The molecule has 1 fully saturated rings. The van der Waals surface area contributed by atoms with Crippen molar-refractivity contribution in [3.05, 3.63) is 18.0 Å². The van der Waals surface area contributed by atoms with E-state index in [1.165, 1.54) is 24.9 Å². The van der Waals surface area contributed by atoms with Crippen molar-refractivity contribution in [3.63, 3.8) is 0 Å². The molecular weight excluding hydrogens is 238 g/mol. The largest absolute Gasteiger partial charge is 0.343 e. The van der Waals surface area contributed by atoms with Crippen LogP contribution in [0.1, 0.15) is 30.7 Å². The second-order valence-electron chi connectivity index (χ2n) is 5.25. The normalized spacial score (nSPS) is 19.9. The fraction of sp³-hybridized carbons (Fsp3) is 0.643. The number of hydrogen-bond donors (Lipinski definition) is 0. The fourth-order valence-corrected chi connectivity index (χ4v) is 2.50. The third-order valence-corrected chi connectivity index (χ3v) is 3.65. The van der Waals surface area contributed by atoms with Gasteiger partial charge in [-0.1, -0.05) is 0 Å². The van der Waals surface area contributed by atoms with E-state index in [9.17, 15) is 0 Å². The van der Waals surface area contributed by atoms with Crippen LogP contribution in [0.4, 0.5) is 5.95 Å². The molecule has 5 nitrogen and oxygen atoms in total. The first kappa shape index (κ1) is 13.8. The molecule has 1 aliphatic rings. The zero-order valence-corrected chi connectivity index (χ0v) is 11.7. The standard InChI is InChI=1S/C14H21N5/c1-18-7-3-5-12(11-18)13-9-16-14(17-10-13)19(2)8-4-6-15/h9-10,12H,3-5,7-8,11H2,1-2H3. The van der Waals surface area contributed by atoms with E-state index >= 15 is 0 Å². The van der Waals surface area contributed by atoms with Crippen molar-refractivity contribution >= 4 is 5.95 Å². The van der Waals surface area contributed by atoms with Crippen LogP contribution in [-0.2, 0) is 0 Å². The maximum absolute atomic E-state index is 8.58. The Labute approximate surface area is 114 Å². The zero-order valence-electron chi connectivity index (χ0n) is 11.7. The van der Waals surface area contributed by atoms with Gasteiger partial charge in [0.1, 0.15) is 0 Å². The van der Waals surface area contributed by atoms with E-state index in [1.54, 1.807) is 0 Å². The summed E-state index contributed by atoms with van der Waals surface area (Å²) < 4.78 is 0.